The molecule has 0 aromatic heterocycles. The van der Waals surface area contributed by atoms with Crippen molar-refractivity contribution < 1.29 is 4.79 Å². The molecule has 3 heterocycles. The molecule has 0 spiro atoms. The van der Waals surface area contributed by atoms with Gasteiger partial charge in [-0.25, -0.2) is 0 Å². The summed E-state index contributed by atoms with van der Waals surface area (Å²) in [5.74, 6) is 0.747. The fraction of sp³-hybridized carbons (Fsp3) is 0.917. The minimum absolute atomic E-state index is 0.342. The zero-order chi connectivity index (χ0) is 11.1. The number of fused-ring (bicyclic) bond motifs is 1. The van der Waals surface area contributed by atoms with Gasteiger partial charge in [0, 0.05) is 31.6 Å². The first-order valence-electron chi connectivity index (χ1n) is 6.53. The van der Waals surface area contributed by atoms with E-state index in [0.29, 0.717) is 36.9 Å². The summed E-state index contributed by atoms with van der Waals surface area (Å²) in [7, 11) is 0. The Morgan fingerprint density at radius 3 is 2.88 bits per heavy atom. The molecule has 0 aliphatic carbocycles. The largest absolute Gasteiger partial charge is 0.338 e. The van der Waals surface area contributed by atoms with Crippen LogP contribution in [0.25, 0.3) is 0 Å². The van der Waals surface area contributed by atoms with Gasteiger partial charge in [0.05, 0.1) is 0 Å². The van der Waals surface area contributed by atoms with Gasteiger partial charge in [-0.15, -0.1) is 0 Å². The first-order chi connectivity index (χ1) is 7.79. The number of carbonyl (C=O) groups excluding carboxylic acids is 1. The summed E-state index contributed by atoms with van der Waals surface area (Å²) >= 11 is 0. The first-order valence-corrected chi connectivity index (χ1v) is 6.53. The van der Waals surface area contributed by atoms with Crippen LogP contribution in [0.3, 0.4) is 0 Å². The molecule has 90 valence electrons. The van der Waals surface area contributed by atoms with Gasteiger partial charge in [-0.3, -0.25) is 9.69 Å². The van der Waals surface area contributed by atoms with Crippen LogP contribution in [0.5, 0.6) is 0 Å². The van der Waals surface area contributed by atoms with Gasteiger partial charge in [0.1, 0.15) is 0 Å². The summed E-state index contributed by atoms with van der Waals surface area (Å²) < 4.78 is 0. The molecule has 3 aliphatic rings. The quantitative estimate of drug-likeness (QED) is 0.718. The Hall–Kier alpha value is -0.610. The highest BCUT2D eigenvalue weighted by Crippen LogP contribution is 2.34. The normalized spacial score (nSPS) is 39.7. The smallest absolute Gasteiger partial charge is 0.223 e. The van der Waals surface area contributed by atoms with Crippen LogP contribution in [0.1, 0.15) is 25.7 Å². The van der Waals surface area contributed by atoms with Crippen LogP contribution in [-0.2, 0) is 4.79 Å². The molecule has 3 fully saturated rings. The molecule has 0 aromatic carbocycles. The fourth-order valence-electron chi connectivity index (χ4n) is 3.71. The number of hydrogen-bond donors (Lipinski definition) is 1. The van der Waals surface area contributed by atoms with E-state index in [4.69, 9.17) is 5.73 Å². The summed E-state index contributed by atoms with van der Waals surface area (Å²) in [4.78, 5) is 16.7. The molecular formula is C12H21N3O. The van der Waals surface area contributed by atoms with E-state index in [-0.39, 0.29) is 0 Å². The summed E-state index contributed by atoms with van der Waals surface area (Å²) in [5, 5.41) is 0. The third-order valence-electron chi connectivity index (χ3n) is 4.54. The maximum absolute atomic E-state index is 12.0. The van der Waals surface area contributed by atoms with E-state index >= 15 is 0 Å². The van der Waals surface area contributed by atoms with E-state index in [1.165, 1.54) is 32.4 Å². The number of amides is 1. The summed E-state index contributed by atoms with van der Waals surface area (Å²) in [5.41, 5.74) is 5.67. The number of hydrogen-bond acceptors (Lipinski definition) is 3. The molecule has 16 heavy (non-hydrogen) atoms. The monoisotopic (exact) mass is 223 g/mol. The van der Waals surface area contributed by atoms with Gasteiger partial charge in [0.15, 0.2) is 0 Å². The Kier molecular flexibility index (Phi) is 2.64. The molecule has 3 rings (SSSR count). The molecule has 4 heteroatoms. The topological polar surface area (TPSA) is 49.6 Å². The van der Waals surface area contributed by atoms with Crippen LogP contribution in [0.2, 0.25) is 0 Å². The van der Waals surface area contributed by atoms with Crippen molar-refractivity contribution in [1.29, 1.82) is 0 Å². The zero-order valence-corrected chi connectivity index (χ0v) is 9.77. The van der Waals surface area contributed by atoms with Crippen molar-refractivity contribution in [2.24, 2.45) is 11.7 Å². The summed E-state index contributed by atoms with van der Waals surface area (Å²) in [6.07, 6.45) is 4.44. The van der Waals surface area contributed by atoms with Gasteiger partial charge in [-0.2, -0.15) is 0 Å². The third kappa shape index (κ3) is 1.55. The van der Waals surface area contributed by atoms with Gasteiger partial charge in [-0.05, 0) is 38.3 Å². The lowest BCUT2D eigenvalue weighted by atomic mass is 10.1. The van der Waals surface area contributed by atoms with Crippen molar-refractivity contribution in [3.63, 3.8) is 0 Å². The SMILES string of the molecule is NCC1CC(=O)N(C2CCN3CCCC23)C1. The van der Waals surface area contributed by atoms with Crippen LogP contribution >= 0.6 is 0 Å². The van der Waals surface area contributed by atoms with Crippen LogP contribution < -0.4 is 5.73 Å². The highest BCUT2D eigenvalue weighted by molar-refractivity contribution is 5.79. The van der Waals surface area contributed by atoms with Crippen molar-refractivity contribution in [2.45, 2.75) is 37.8 Å². The molecule has 0 bridgehead atoms. The Morgan fingerprint density at radius 1 is 1.25 bits per heavy atom. The van der Waals surface area contributed by atoms with Gasteiger partial charge >= 0.3 is 0 Å². The van der Waals surface area contributed by atoms with Gasteiger partial charge in [0.25, 0.3) is 0 Å². The van der Waals surface area contributed by atoms with E-state index in [1.54, 1.807) is 0 Å². The predicted molar refractivity (Wildman–Crippen MR) is 61.9 cm³/mol. The first kappa shape index (κ1) is 10.5. The van der Waals surface area contributed by atoms with Crippen molar-refractivity contribution >= 4 is 5.91 Å². The minimum atomic E-state index is 0.342. The number of nitrogens with zero attached hydrogens (tertiary/aromatic N) is 2. The predicted octanol–water partition coefficient (Wildman–Crippen LogP) is 0.0303. The second kappa shape index (κ2) is 4.00. The molecule has 2 N–H and O–H groups in total. The van der Waals surface area contributed by atoms with Crippen LogP contribution in [0.4, 0.5) is 0 Å². The highest BCUT2D eigenvalue weighted by atomic mass is 16.2. The van der Waals surface area contributed by atoms with Gasteiger partial charge < -0.3 is 10.6 Å². The second-order valence-electron chi connectivity index (χ2n) is 5.45. The Labute approximate surface area is 96.8 Å². The average Bonchev–Trinajstić information content (AvgIpc) is 2.91. The van der Waals surface area contributed by atoms with Crippen molar-refractivity contribution in [2.75, 3.05) is 26.2 Å². The maximum Gasteiger partial charge on any atom is 0.223 e. The molecule has 0 radical (unpaired) electrons. The average molecular weight is 223 g/mol. The van der Waals surface area contributed by atoms with E-state index in [0.717, 1.165) is 6.54 Å². The molecule has 3 saturated heterocycles. The van der Waals surface area contributed by atoms with E-state index in [9.17, 15) is 4.79 Å². The second-order valence-corrected chi connectivity index (χ2v) is 5.45. The van der Waals surface area contributed by atoms with E-state index < -0.39 is 0 Å². The van der Waals surface area contributed by atoms with E-state index in [1.807, 2.05) is 0 Å². The van der Waals surface area contributed by atoms with Crippen molar-refractivity contribution in [3.8, 4) is 0 Å². The Balaban J connectivity index is 1.71. The third-order valence-corrected chi connectivity index (χ3v) is 4.54. The Bertz CT molecular complexity index is 294. The zero-order valence-electron chi connectivity index (χ0n) is 9.77. The lowest BCUT2D eigenvalue weighted by molar-refractivity contribution is -0.130. The molecule has 3 aliphatic heterocycles. The molecule has 1 amide bonds. The number of rotatable bonds is 2. The lowest BCUT2D eigenvalue weighted by Crippen LogP contribution is -2.43. The Morgan fingerprint density at radius 2 is 2.12 bits per heavy atom. The van der Waals surface area contributed by atoms with Gasteiger partial charge in [0.2, 0.25) is 5.91 Å². The summed E-state index contributed by atoms with van der Waals surface area (Å²) in [6.45, 7) is 3.99. The van der Waals surface area contributed by atoms with E-state index in [2.05, 4.69) is 9.80 Å². The fourth-order valence-corrected chi connectivity index (χ4v) is 3.71. The number of carbonyl (C=O) groups is 1. The van der Waals surface area contributed by atoms with Crippen LogP contribution in [0, 0.1) is 5.92 Å². The standard InChI is InChI=1S/C12H21N3O/c13-7-9-6-12(16)15(8-9)11-3-5-14-4-1-2-10(11)14/h9-11H,1-8,13H2. The van der Waals surface area contributed by atoms with Crippen molar-refractivity contribution in [3.05, 3.63) is 0 Å². The van der Waals surface area contributed by atoms with Crippen LogP contribution in [-0.4, -0.2) is 54.0 Å². The summed E-state index contributed by atoms with van der Waals surface area (Å²) in [6, 6.07) is 1.15. The maximum atomic E-state index is 12.0. The van der Waals surface area contributed by atoms with Crippen LogP contribution in [0.15, 0.2) is 0 Å². The van der Waals surface area contributed by atoms with Crippen molar-refractivity contribution in [1.82, 2.24) is 9.80 Å². The van der Waals surface area contributed by atoms with Gasteiger partial charge in [-0.1, -0.05) is 0 Å². The lowest BCUT2D eigenvalue weighted by Gasteiger charge is -2.29. The molecule has 3 unspecified atom stereocenters. The number of likely N-dealkylation sites (tertiary alicyclic amines) is 1. The molecule has 0 saturated carbocycles. The number of nitrogens with two attached hydrogens (primary N) is 1. The molecule has 0 aromatic rings. The molecular weight excluding hydrogens is 202 g/mol. The minimum Gasteiger partial charge on any atom is -0.338 e. The highest BCUT2D eigenvalue weighted by Gasteiger charge is 2.44. The molecule has 3 atom stereocenters. The molecule has 4 nitrogen and oxygen atoms in total.